The fourth-order valence-corrected chi connectivity index (χ4v) is 2.94. The van der Waals surface area contributed by atoms with Crippen LogP contribution in [0.5, 0.6) is 11.5 Å². The van der Waals surface area contributed by atoms with Crippen LogP contribution in [0.3, 0.4) is 0 Å². The first-order valence-corrected chi connectivity index (χ1v) is 8.28. The molecule has 7 heteroatoms. The largest absolute Gasteiger partial charge is 0.497 e. The molecular weight excluding hydrogens is 316 g/mol. The van der Waals surface area contributed by atoms with Crippen molar-refractivity contribution in [3.05, 3.63) is 53.6 Å². The van der Waals surface area contributed by atoms with Gasteiger partial charge in [0.15, 0.2) is 0 Å². The van der Waals surface area contributed by atoms with E-state index in [1.54, 1.807) is 6.07 Å². The predicted molar refractivity (Wildman–Crippen MR) is 88.6 cm³/mol. The molecule has 0 spiro atoms. The monoisotopic (exact) mass is 334 g/mol. The molecule has 2 aromatic carbocycles. The van der Waals surface area contributed by atoms with Gasteiger partial charge in [-0.05, 0) is 24.6 Å². The van der Waals surface area contributed by atoms with Gasteiger partial charge in [0.05, 0.1) is 20.4 Å². The zero-order valence-electron chi connectivity index (χ0n) is 13.1. The molecule has 0 fully saturated rings. The Hall–Kier alpha value is -2.54. The lowest BCUT2D eigenvalue weighted by Crippen LogP contribution is -2.19. The van der Waals surface area contributed by atoms with Crippen molar-refractivity contribution in [2.75, 3.05) is 14.2 Å². The quantitative estimate of drug-likeness (QED) is 0.650. The minimum absolute atomic E-state index is 0.0410. The van der Waals surface area contributed by atoms with Crippen molar-refractivity contribution in [3.8, 4) is 11.5 Å². The SMILES string of the molecule is COc1ccc(OC)c(S(=O)(=O)N/N=C/c2cccc(C)c2)c1. The van der Waals surface area contributed by atoms with Crippen molar-refractivity contribution >= 4 is 16.2 Å². The number of aryl methyl sites for hydroxylation is 1. The smallest absolute Gasteiger partial charge is 0.280 e. The highest BCUT2D eigenvalue weighted by Gasteiger charge is 2.19. The zero-order chi connectivity index (χ0) is 16.9. The first-order chi connectivity index (χ1) is 11.0. The van der Waals surface area contributed by atoms with Crippen molar-refractivity contribution in [1.82, 2.24) is 4.83 Å². The number of benzene rings is 2. The van der Waals surface area contributed by atoms with Gasteiger partial charge in [-0.25, -0.2) is 0 Å². The topological polar surface area (TPSA) is 77.0 Å². The first kappa shape index (κ1) is 16.8. The lowest BCUT2D eigenvalue weighted by molar-refractivity contribution is 0.392. The average molecular weight is 334 g/mol. The highest BCUT2D eigenvalue weighted by Crippen LogP contribution is 2.27. The van der Waals surface area contributed by atoms with Crippen LogP contribution in [0.2, 0.25) is 0 Å². The molecule has 6 nitrogen and oxygen atoms in total. The summed E-state index contributed by atoms with van der Waals surface area (Å²) in [5.41, 5.74) is 1.86. The number of sulfonamides is 1. The zero-order valence-corrected chi connectivity index (χ0v) is 13.9. The van der Waals surface area contributed by atoms with E-state index in [0.29, 0.717) is 5.75 Å². The first-order valence-electron chi connectivity index (χ1n) is 6.80. The molecule has 0 saturated heterocycles. The summed E-state index contributed by atoms with van der Waals surface area (Å²) in [4.78, 5) is 2.13. The molecule has 2 aromatic rings. The van der Waals surface area contributed by atoms with Crippen molar-refractivity contribution < 1.29 is 17.9 Å². The molecule has 23 heavy (non-hydrogen) atoms. The van der Waals surface area contributed by atoms with Crippen LogP contribution in [0.4, 0.5) is 0 Å². The van der Waals surface area contributed by atoms with Crippen LogP contribution in [-0.4, -0.2) is 28.9 Å². The van der Waals surface area contributed by atoms with E-state index >= 15 is 0 Å². The molecule has 0 unspecified atom stereocenters. The number of ether oxygens (including phenoxy) is 2. The van der Waals surface area contributed by atoms with Gasteiger partial charge in [0, 0.05) is 6.07 Å². The third kappa shape index (κ3) is 4.23. The van der Waals surface area contributed by atoms with E-state index < -0.39 is 10.0 Å². The number of hydrogen-bond donors (Lipinski definition) is 1. The lowest BCUT2D eigenvalue weighted by atomic mass is 10.2. The van der Waals surface area contributed by atoms with Gasteiger partial charge in [-0.2, -0.15) is 18.4 Å². The van der Waals surface area contributed by atoms with Crippen molar-refractivity contribution in [2.24, 2.45) is 5.10 Å². The second-order valence-electron chi connectivity index (χ2n) is 4.78. The summed E-state index contributed by atoms with van der Waals surface area (Å²) in [6, 6.07) is 12.1. The van der Waals surface area contributed by atoms with Crippen LogP contribution in [0, 0.1) is 6.92 Å². The van der Waals surface area contributed by atoms with E-state index in [9.17, 15) is 8.42 Å². The highest BCUT2D eigenvalue weighted by atomic mass is 32.2. The Morgan fingerprint density at radius 3 is 2.52 bits per heavy atom. The molecule has 0 saturated carbocycles. The third-order valence-electron chi connectivity index (χ3n) is 3.09. The van der Waals surface area contributed by atoms with E-state index in [1.807, 2.05) is 31.2 Å². The van der Waals surface area contributed by atoms with Gasteiger partial charge in [0.1, 0.15) is 16.4 Å². The minimum Gasteiger partial charge on any atom is -0.497 e. The Kier molecular flexibility index (Phi) is 5.23. The Labute approximate surface area is 135 Å². The Morgan fingerprint density at radius 2 is 1.87 bits per heavy atom. The number of hydrogen-bond acceptors (Lipinski definition) is 5. The number of hydrazone groups is 1. The molecule has 0 atom stereocenters. The molecule has 0 aliphatic rings. The molecule has 2 rings (SSSR count). The molecule has 0 heterocycles. The van der Waals surface area contributed by atoms with Gasteiger partial charge >= 0.3 is 0 Å². The highest BCUT2D eigenvalue weighted by molar-refractivity contribution is 7.89. The van der Waals surface area contributed by atoms with Gasteiger partial charge in [0.2, 0.25) is 0 Å². The summed E-state index contributed by atoms with van der Waals surface area (Å²) in [6.07, 6.45) is 1.44. The van der Waals surface area contributed by atoms with Crippen LogP contribution in [0.1, 0.15) is 11.1 Å². The third-order valence-corrected chi connectivity index (χ3v) is 4.33. The van der Waals surface area contributed by atoms with Crippen LogP contribution in [0.15, 0.2) is 52.5 Å². The lowest BCUT2D eigenvalue weighted by Gasteiger charge is -2.10. The summed E-state index contributed by atoms with van der Waals surface area (Å²) in [5, 5.41) is 3.80. The normalized spacial score (nSPS) is 11.4. The molecule has 1 N–H and O–H groups in total. The van der Waals surface area contributed by atoms with E-state index in [1.165, 1.54) is 32.6 Å². The Bertz CT molecular complexity index is 817. The molecule has 122 valence electrons. The van der Waals surface area contributed by atoms with Crippen LogP contribution >= 0.6 is 0 Å². The van der Waals surface area contributed by atoms with E-state index in [2.05, 4.69) is 9.93 Å². The fraction of sp³-hybridized carbons (Fsp3) is 0.188. The Balaban J connectivity index is 2.25. The van der Waals surface area contributed by atoms with E-state index in [4.69, 9.17) is 9.47 Å². The Morgan fingerprint density at radius 1 is 1.09 bits per heavy atom. The molecule has 0 bridgehead atoms. The summed E-state index contributed by atoms with van der Waals surface area (Å²) < 4.78 is 34.9. The van der Waals surface area contributed by atoms with E-state index in [0.717, 1.165) is 11.1 Å². The van der Waals surface area contributed by atoms with Crippen LogP contribution in [0.25, 0.3) is 0 Å². The van der Waals surface area contributed by atoms with Crippen molar-refractivity contribution in [3.63, 3.8) is 0 Å². The maximum atomic E-state index is 12.4. The number of rotatable bonds is 6. The summed E-state index contributed by atoms with van der Waals surface area (Å²) >= 11 is 0. The maximum absolute atomic E-state index is 12.4. The number of nitrogens with zero attached hydrogens (tertiary/aromatic N) is 1. The van der Waals surface area contributed by atoms with Crippen molar-refractivity contribution in [2.45, 2.75) is 11.8 Å². The summed E-state index contributed by atoms with van der Waals surface area (Å²) in [5.74, 6) is 0.623. The molecule has 0 radical (unpaired) electrons. The van der Waals surface area contributed by atoms with Gasteiger partial charge in [-0.1, -0.05) is 29.8 Å². The molecule has 0 aliphatic heterocycles. The molecular formula is C16H18N2O4S. The average Bonchev–Trinajstić information content (AvgIpc) is 2.54. The summed E-state index contributed by atoms with van der Waals surface area (Å²) in [6.45, 7) is 1.95. The molecule has 0 aromatic heterocycles. The molecule has 0 amide bonds. The minimum atomic E-state index is -3.87. The second kappa shape index (κ2) is 7.15. The maximum Gasteiger partial charge on any atom is 0.280 e. The van der Waals surface area contributed by atoms with Gasteiger partial charge < -0.3 is 9.47 Å². The van der Waals surface area contributed by atoms with Crippen molar-refractivity contribution in [1.29, 1.82) is 0 Å². The number of methoxy groups -OCH3 is 2. The van der Waals surface area contributed by atoms with Crippen LogP contribution < -0.4 is 14.3 Å². The standard InChI is InChI=1S/C16H18N2O4S/c1-12-5-4-6-13(9-12)11-17-18-23(19,20)16-10-14(21-2)7-8-15(16)22-3/h4-11,18H,1-3H3/b17-11+. The second-order valence-corrected chi connectivity index (χ2v) is 6.41. The van der Waals surface area contributed by atoms with Gasteiger partial charge in [0.25, 0.3) is 10.0 Å². The molecule has 0 aliphatic carbocycles. The fourth-order valence-electron chi connectivity index (χ4n) is 1.96. The number of nitrogens with one attached hydrogen (secondary N) is 1. The van der Waals surface area contributed by atoms with Crippen LogP contribution in [-0.2, 0) is 10.0 Å². The summed E-state index contributed by atoms with van der Waals surface area (Å²) in [7, 11) is -1.01. The van der Waals surface area contributed by atoms with E-state index in [-0.39, 0.29) is 10.6 Å². The van der Waals surface area contributed by atoms with Gasteiger partial charge in [-0.3, -0.25) is 0 Å². The van der Waals surface area contributed by atoms with Gasteiger partial charge in [-0.15, -0.1) is 0 Å². The predicted octanol–water partition coefficient (Wildman–Crippen LogP) is 2.32.